The maximum absolute atomic E-state index is 6.23. The van der Waals surface area contributed by atoms with Crippen LogP contribution in [0.1, 0.15) is 49.9 Å². The third kappa shape index (κ3) is 4.21. The molecule has 0 unspecified atom stereocenters. The van der Waals surface area contributed by atoms with E-state index in [4.69, 9.17) is 4.42 Å². The minimum Gasteiger partial charge on any atom is -0.456 e. The number of benzene rings is 7. The summed E-state index contributed by atoms with van der Waals surface area (Å²) < 4.78 is 6.23. The maximum atomic E-state index is 6.23. The average molecular weight is 644 g/mol. The molecule has 0 saturated carbocycles. The second kappa shape index (κ2) is 10.3. The normalized spacial score (nSPS) is 14.7. The van der Waals surface area contributed by atoms with Crippen LogP contribution in [-0.2, 0) is 10.8 Å². The van der Waals surface area contributed by atoms with Crippen molar-refractivity contribution in [2.24, 2.45) is 0 Å². The molecule has 7 aromatic carbocycles. The Morgan fingerprint density at radius 3 is 1.46 bits per heavy atom. The van der Waals surface area contributed by atoms with E-state index in [9.17, 15) is 0 Å². The molecule has 10 rings (SSSR count). The number of anilines is 2. The van der Waals surface area contributed by atoms with Crippen LogP contribution in [0.2, 0.25) is 0 Å². The van der Waals surface area contributed by atoms with E-state index in [1.807, 2.05) is 12.1 Å². The molecule has 0 bridgehead atoms. The molecule has 8 aromatic rings. The van der Waals surface area contributed by atoms with Crippen molar-refractivity contribution in [2.45, 2.75) is 38.5 Å². The molecule has 0 radical (unpaired) electrons. The second-order valence-corrected chi connectivity index (χ2v) is 15.1. The van der Waals surface area contributed by atoms with Crippen LogP contribution in [0.4, 0.5) is 11.4 Å². The van der Waals surface area contributed by atoms with E-state index < -0.39 is 0 Å². The Bertz CT molecular complexity index is 2670. The van der Waals surface area contributed by atoms with Crippen molar-refractivity contribution in [2.75, 3.05) is 5.32 Å². The van der Waals surface area contributed by atoms with Crippen LogP contribution >= 0.6 is 0 Å². The van der Waals surface area contributed by atoms with Crippen molar-refractivity contribution >= 4 is 33.3 Å². The van der Waals surface area contributed by atoms with E-state index in [0.717, 1.165) is 33.3 Å². The monoisotopic (exact) mass is 643 g/mol. The Morgan fingerprint density at radius 1 is 0.380 bits per heavy atom. The Labute approximate surface area is 293 Å². The Hall–Kier alpha value is -5.86. The summed E-state index contributed by atoms with van der Waals surface area (Å²) in [5.74, 6) is 0. The standard InChI is InChI=1S/C48H37NO/c1-47(2)41-24-30(29-10-6-5-7-11-29)14-19-35(41)37-22-17-33(27-43(37)47)49-34-18-23-38-36-20-15-31(25-42(36)48(3,4)44(38)28-34)32-16-21-40-39-12-8-9-13-45(39)50-46(40)26-32/h5-28,49H,1-4H3. The molecule has 2 aliphatic rings. The molecule has 240 valence electrons. The van der Waals surface area contributed by atoms with Gasteiger partial charge in [-0.3, -0.25) is 0 Å². The summed E-state index contributed by atoms with van der Waals surface area (Å²) in [5, 5.41) is 6.11. The molecular formula is C48H37NO. The first kappa shape index (κ1) is 29.1. The van der Waals surface area contributed by atoms with Crippen molar-refractivity contribution < 1.29 is 4.42 Å². The first-order valence-electron chi connectivity index (χ1n) is 17.6. The van der Waals surface area contributed by atoms with Gasteiger partial charge in [-0.15, -0.1) is 0 Å². The summed E-state index contributed by atoms with van der Waals surface area (Å²) >= 11 is 0. The topological polar surface area (TPSA) is 25.2 Å². The first-order valence-corrected chi connectivity index (χ1v) is 17.6. The van der Waals surface area contributed by atoms with Crippen molar-refractivity contribution in [3.63, 3.8) is 0 Å². The van der Waals surface area contributed by atoms with Crippen LogP contribution in [0.3, 0.4) is 0 Å². The molecule has 0 aliphatic heterocycles. The zero-order valence-electron chi connectivity index (χ0n) is 28.8. The van der Waals surface area contributed by atoms with Gasteiger partial charge in [0.1, 0.15) is 11.2 Å². The van der Waals surface area contributed by atoms with Crippen molar-refractivity contribution in [3.8, 4) is 44.5 Å². The molecule has 2 heteroatoms. The van der Waals surface area contributed by atoms with Crippen molar-refractivity contribution in [3.05, 3.63) is 168 Å². The van der Waals surface area contributed by atoms with Gasteiger partial charge in [-0.05, 0) is 121 Å². The molecule has 0 fully saturated rings. The zero-order chi connectivity index (χ0) is 33.8. The third-order valence-electron chi connectivity index (χ3n) is 11.5. The maximum Gasteiger partial charge on any atom is 0.136 e. The second-order valence-electron chi connectivity index (χ2n) is 15.1. The average Bonchev–Trinajstić information content (AvgIpc) is 3.70. The van der Waals surface area contributed by atoms with Gasteiger partial charge < -0.3 is 9.73 Å². The van der Waals surface area contributed by atoms with Gasteiger partial charge >= 0.3 is 0 Å². The number of hydrogen-bond donors (Lipinski definition) is 1. The highest BCUT2D eigenvalue weighted by atomic mass is 16.3. The van der Waals surface area contributed by atoms with Gasteiger partial charge in [-0.2, -0.15) is 0 Å². The lowest BCUT2D eigenvalue weighted by atomic mass is 9.81. The van der Waals surface area contributed by atoms with Crippen LogP contribution in [0.5, 0.6) is 0 Å². The molecule has 0 amide bonds. The van der Waals surface area contributed by atoms with Crippen LogP contribution in [0.25, 0.3) is 66.4 Å². The molecule has 2 aliphatic carbocycles. The molecule has 0 atom stereocenters. The highest BCUT2D eigenvalue weighted by Crippen LogP contribution is 2.52. The summed E-state index contributed by atoms with van der Waals surface area (Å²) in [6.45, 7) is 9.42. The van der Waals surface area contributed by atoms with Gasteiger partial charge in [0.2, 0.25) is 0 Å². The minimum atomic E-state index is -0.139. The minimum absolute atomic E-state index is 0.0959. The lowest BCUT2D eigenvalue weighted by Crippen LogP contribution is -2.15. The number of furan rings is 1. The van der Waals surface area contributed by atoms with E-state index in [1.54, 1.807) is 0 Å². The summed E-state index contributed by atoms with van der Waals surface area (Å²) in [5.41, 5.74) is 19.5. The molecule has 1 aromatic heterocycles. The fraction of sp³-hybridized carbons (Fsp3) is 0.125. The largest absolute Gasteiger partial charge is 0.456 e. The third-order valence-corrected chi connectivity index (χ3v) is 11.5. The van der Waals surface area contributed by atoms with Crippen LogP contribution in [0, 0.1) is 0 Å². The zero-order valence-corrected chi connectivity index (χ0v) is 28.8. The highest BCUT2D eigenvalue weighted by molar-refractivity contribution is 6.06. The van der Waals surface area contributed by atoms with Gasteiger partial charge in [0.05, 0.1) is 0 Å². The fourth-order valence-corrected chi connectivity index (χ4v) is 8.69. The van der Waals surface area contributed by atoms with E-state index in [2.05, 4.69) is 166 Å². The van der Waals surface area contributed by atoms with Crippen LogP contribution < -0.4 is 5.32 Å². The number of hydrogen-bond acceptors (Lipinski definition) is 2. The van der Waals surface area contributed by atoms with E-state index in [1.165, 1.54) is 66.8 Å². The van der Waals surface area contributed by atoms with Gasteiger partial charge in [0.15, 0.2) is 0 Å². The van der Waals surface area contributed by atoms with E-state index >= 15 is 0 Å². The highest BCUT2D eigenvalue weighted by Gasteiger charge is 2.37. The predicted molar refractivity (Wildman–Crippen MR) is 209 cm³/mol. The molecule has 0 saturated heterocycles. The lowest BCUT2D eigenvalue weighted by Gasteiger charge is -2.23. The molecule has 2 nitrogen and oxygen atoms in total. The molecule has 0 spiro atoms. The fourth-order valence-electron chi connectivity index (χ4n) is 8.69. The summed E-state index contributed by atoms with van der Waals surface area (Å²) in [4.78, 5) is 0. The Kier molecular flexibility index (Phi) is 6.01. The first-order chi connectivity index (χ1) is 24.3. The quantitative estimate of drug-likeness (QED) is 0.206. The SMILES string of the molecule is CC1(C)c2cc(Nc3ccc4c(c3)C(C)(C)c3cc(-c5ccc6c(c5)oc5ccccc56)ccc3-4)ccc2-c2ccc(-c3ccccc3)cc21. The lowest BCUT2D eigenvalue weighted by molar-refractivity contribution is 0.660. The molecule has 1 N–H and O–H groups in total. The number of fused-ring (bicyclic) bond motifs is 9. The summed E-state index contributed by atoms with van der Waals surface area (Å²) in [6, 6.07) is 53.2. The van der Waals surface area contributed by atoms with Crippen molar-refractivity contribution in [1.82, 2.24) is 0 Å². The molecular weight excluding hydrogens is 607 g/mol. The molecule has 50 heavy (non-hydrogen) atoms. The van der Waals surface area contributed by atoms with Gasteiger partial charge in [0.25, 0.3) is 0 Å². The Morgan fingerprint density at radius 2 is 0.840 bits per heavy atom. The van der Waals surface area contributed by atoms with Crippen LogP contribution in [0.15, 0.2) is 150 Å². The van der Waals surface area contributed by atoms with Crippen molar-refractivity contribution in [1.29, 1.82) is 0 Å². The summed E-state index contributed by atoms with van der Waals surface area (Å²) in [7, 11) is 0. The number of para-hydroxylation sites is 1. The summed E-state index contributed by atoms with van der Waals surface area (Å²) in [6.07, 6.45) is 0. The smallest absolute Gasteiger partial charge is 0.136 e. The molecule has 1 heterocycles. The van der Waals surface area contributed by atoms with Crippen LogP contribution in [-0.4, -0.2) is 0 Å². The van der Waals surface area contributed by atoms with Gasteiger partial charge in [0, 0.05) is 33.0 Å². The van der Waals surface area contributed by atoms with E-state index in [0.29, 0.717) is 0 Å². The van der Waals surface area contributed by atoms with E-state index in [-0.39, 0.29) is 10.8 Å². The van der Waals surface area contributed by atoms with Gasteiger partial charge in [-0.1, -0.05) is 119 Å². The predicted octanol–water partition coefficient (Wildman–Crippen LogP) is 13.3. The number of rotatable bonds is 4. The van der Waals surface area contributed by atoms with Gasteiger partial charge in [-0.25, -0.2) is 0 Å². The number of nitrogens with one attached hydrogen (secondary N) is 1. The Balaban J connectivity index is 0.954.